The van der Waals surface area contributed by atoms with Crippen LogP contribution in [-0.2, 0) is 30.4 Å². The molecule has 0 radical (unpaired) electrons. The number of carbonyl (C=O) groups excluding carboxylic acids is 3. The summed E-state index contributed by atoms with van der Waals surface area (Å²) in [6.07, 6.45) is 0.0844. The summed E-state index contributed by atoms with van der Waals surface area (Å²) < 4.78 is 15.4. The van der Waals surface area contributed by atoms with Crippen molar-refractivity contribution < 1.29 is 28.6 Å². The second-order valence-corrected chi connectivity index (χ2v) is 7.12. The van der Waals surface area contributed by atoms with Crippen LogP contribution in [0.2, 0.25) is 0 Å². The van der Waals surface area contributed by atoms with E-state index in [2.05, 4.69) is 5.32 Å². The van der Waals surface area contributed by atoms with Gasteiger partial charge in [-0.3, -0.25) is 4.79 Å². The molecule has 0 saturated heterocycles. The molecule has 150 valence electrons. The molecule has 0 fully saturated rings. The zero-order valence-electron chi connectivity index (χ0n) is 16.4. The average Bonchev–Trinajstić information content (AvgIpc) is 2.57. The molecule has 1 unspecified atom stereocenters. The molecule has 0 bridgehead atoms. The van der Waals surface area contributed by atoms with E-state index in [4.69, 9.17) is 14.2 Å². The van der Waals surface area contributed by atoms with Crippen LogP contribution in [0.15, 0.2) is 30.3 Å². The monoisotopic (exact) mass is 379 g/mol. The molecule has 7 heteroatoms. The third kappa shape index (κ3) is 10.9. The van der Waals surface area contributed by atoms with Crippen LogP contribution in [0.1, 0.15) is 52.5 Å². The summed E-state index contributed by atoms with van der Waals surface area (Å²) in [5.74, 6) is -1.10. The smallest absolute Gasteiger partial charge is 0.407 e. The van der Waals surface area contributed by atoms with Crippen molar-refractivity contribution in [3.8, 4) is 0 Å². The second-order valence-electron chi connectivity index (χ2n) is 7.12. The van der Waals surface area contributed by atoms with E-state index in [0.717, 1.165) is 5.56 Å². The number of amides is 1. The van der Waals surface area contributed by atoms with E-state index in [0.29, 0.717) is 25.8 Å². The Labute approximate surface area is 160 Å². The molecule has 27 heavy (non-hydrogen) atoms. The number of rotatable bonds is 9. The minimum Gasteiger partial charge on any atom is -0.457 e. The van der Waals surface area contributed by atoms with Gasteiger partial charge in [-0.1, -0.05) is 30.3 Å². The van der Waals surface area contributed by atoms with Crippen LogP contribution in [0.3, 0.4) is 0 Å². The van der Waals surface area contributed by atoms with E-state index in [1.54, 1.807) is 20.8 Å². The van der Waals surface area contributed by atoms with Gasteiger partial charge in [-0.25, -0.2) is 9.59 Å². The van der Waals surface area contributed by atoms with Crippen molar-refractivity contribution in [2.24, 2.45) is 0 Å². The zero-order chi connectivity index (χ0) is 20.3. The molecule has 0 aliphatic rings. The number of benzene rings is 1. The van der Waals surface area contributed by atoms with E-state index in [9.17, 15) is 14.4 Å². The number of hydrogen-bond acceptors (Lipinski definition) is 6. The molecule has 7 nitrogen and oxygen atoms in total. The Kier molecular flexibility index (Phi) is 9.33. The molecule has 1 N–H and O–H groups in total. The largest absolute Gasteiger partial charge is 0.457 e. The molecule has 1 rings (SSSR count). The van der Waals surface area contributed by atoms with Gasteiger partial charge in [0.1, 0.15) is 12.2 Å². The van der Waals surface area contributed by atoms with Crippen molar-refractivity contribution in [3.63, 3.8) is 0 Å². The third-order valence-electron chi connectivity index (χ3n) is 3.35. The lowest BCUT2D eigenvalue weighted by atomic mass is 10.1. The summed E-state index contributed by atoms with van der Waals surface area (Å²) in [7, 11) is 0. The van der Waals surface area contributed by atoms with Gasteiger partial charge < -0.3 is 19.5 Å². The highest BCUT2D eigenvalue weighted by Gasteiger charge is 2.27. The van der Waals surface area contributed by atoms with E-state index in [-0.39, 0.29) is 6.61 Å². The lowest BCUT2D eigenvalue weighted by Crippen LogP contribution is -2.34. The summed E-state index contributed by atoms with van der Waals surface area (Å²) in [4.78, 5) is 34.9. The molecule has 0 saturated carbocycles. The van der Waals surface area contributed by atoms with Gasteiger partial charge >= 0.3 is 18.0 Å². The van der Waals surface area contributed by atoms with Gasteiger partial charge in [0.25, 0.3) is 0 Å². The zero-order valence-corrected chi connectivity index (χ0v) is 16.4. The Balaban J connectivity index is 2.27. The van der Waals surface area contributed by atoms with E-state index >= 15 is 0 Å². The quantitative estimate of drug-likeness (QED) is 0.402. The minimum atomic E-state index is -0.938. The maximum Gasteiger partial charge on any atom is 0.407 e. The SMILES string of the molecule is CC(=O)OC(CCCCNC(=O)OCc1ccccc1)C(=O)OC(C)(C)C. The predicted molar refractivity (Wildman–Crippen MR) is 99.9 cm³/mol. The summed E-state index contributed by atoms with van der Waals surface area (Å²) in [5.41, 5.74) is 0.258. The molecular formula is C20H29NO6. The van der Waals surface area contributed by atoms with Gasteiger partial charge in [0.2, 0.25) is 0 Å². The Bertz CT molecular complexity index is 609. The van der Waals surface area contributed by atoms with Gasteiger partial charge in [-0.05, 0) is 45.6 Å². The summed E-state index contributed by atoms with van der Waals surface area (Å²) in [6, 6.07) is 9.39. The van der Waals surface area contributed by atoms with Crippen molar-refractivity contribution in [1.29, 1.82) is 0 Å². The molecule has 1 amide bonds. The van der Waals surface area contributed by atoms with Crippen molar-refractivity contribution in [2.45, 2.75) is 65.3 Å². The standard InChI is InChI=1S/C20H29NO6/c1-15(22)26-17(18(23)27-20(2,3)4)12-8-9-13-21-19(24)25-14-16-10-6-5-7-11-16/h5-7,10-11,17H,8-9,12-14H2,1-4H3,(H,21,24). The number of unbranched alkanes of at least 4 members (excludes halogenated alkanes) is 1. The third-order valence-corrected chi connectivity index (χ3v) is 3.35. The molecule has 0 heterocycles. The van der Waals surface area contributed by atoms with Crippen LogP contribution < -0.4 is 5.32 Å². The highest BCUT2D eigenvalue weighted by molar-refractivity contribution is 5.78. The first-order chi connectivity index (χ1) is 12.7. The number of nitrogens with one attached hydrogen (secondary N) is 1. The molecule has 1 aromatic rings. The highest BCUT2D eigenvalue weighted by atomic mass is 16.6. The fourth-order valence-corrected chi connectivity index (χ4v) is 2.21. The molecule has 1 aromatic carbocycles. The van der Waals surface area contributed by atoms with Crippen molar-refractivity contribution in [1.82, 2.24) is 5.32 Å². The number of esters is 2. The van der Waals surface area contributed by atoms with Gasteiger partial charge in [0, 0.05) is 13.5 Å². The Morgan fingerprint density at radius 1 is 1.07 bits per heavy atom. The summed E-state index contributed by atoms with van der Waals surface area (Å²) in [5, 5.41) is 2.65. The van der Waals surface area contributed by atoms with Gasteiger partial charge in [-0.2, -0.15) is 0 Å². The lowest BCUT2D eigenvalue weighted by Gasteiger charge is -2.23. The molecule has 0 aliphatic carbocycles. The van der Waals surface area contributed by atoms with Crippen LogP contribution in [0.4, 0.5) is 4.79 Å². The number of ether oxygens (including phenoxy) is 3. The predicted octanol–water partition coefficient (Wildman–Crippen LogP) is 3.36. The van der Waals surface area contributed by atoms with Gasteiger partial charge in [0.05, 0.1) is 0 Å². The van der Waals surface area contributed by atoms with Crippen LogP contribution in [0.25, 0.3) is 0 Å². The molecule has 0 aliphatic heterocycles. The Hall–Kier alpha value is -2.57. The summed E-state index contributed by atoms with van der Waals surface area (Å²) in [6.45, 7) is 7.11. The van der Waals surface area contributed by atoms with E-state index in [1.807, 2.05) is 30.3 Å². The average molecular weight is 379 g/mol. The fraction of sp³-hybridized carbons (Fsp3) is 0.550. The molecule has 1 atom stereocenters. The van der Waals surface area contributed by atoms with Gasteiger partial charge in [-0.15, -0.1) is 0 Å². The Morgan fingerprint density at radius 3 is 2.33 bits per heavy atom. The second kappa shape index (κ2) is 11.2. The van der Waals surface area contributed by atoms with Crippen LogP contribution in [0, 0.1) is 0 Å². The maximum absolute atomic E-state index is 12.1. The maximum atomic E-state index is 12.1. The Morgan fingerprint density at radius 2 is 1.74 bits per heavy atom. The molecule has 0 aromatic heterocycles. The van der Waals surface area contributed by atoms with Crippen molar-refractivity contribution >= 4 is 18.0 Å². The first-order valence-electron chi connectivity index (χ1n) is 9.02. The minimum absolute atomic E-state index is 0.208. The van der Waals surface area contributed by atoms with Crippen molar-refractivity contribution in [3.05, 3.63) is 35.9 Å². The topological polar surface area (TPSA) is 90.9 Å². The molecular weight excluding hydrogens is 350 g/mol. The fourth-order valence-electron chi connectivity index (χ4n) is 2.21. The van der Waals surface area contributed by atoms with E-state index < -0.39 is 29.7 Å². The number of carbonyl (C=O) groups is 3. The normalized spacial score (nSPS) is 12.0. The first-order valence-corrected chi connectivity index (χ1v) is 9.02. The van der Waals surface area contributed by atoms with Gasteiger partial charge in [0.15, 0.2) is 6.10 Å². The summed E-state index contributed by atoms with van der Waals surface area (Å²) >= 11 is 0. The van der Waals surface area contributed by atoms with Crippen LogP contribution in [-0.4, -0.2) is 36.3 Å². The lowest BCUT2D eigenvalue weighted by molar-refractivity contribution is -0.175. The van der Waals surface area contributed by atoms with Crippen molar-refractivity contribution in [2.75, 3.05) is 6.54 Å². The van der Waals surface area contributed by atoms with E-state index in [1.165, 1.54) is 6.92 Å². The van der Waals surface area contributed by atoms with Crippen LogP contribution >= 0.6 is 0 Å². The first kappa shape index (κ1) is 22.5. The number of alkyl carbamates (subject to hydrolysis) is 1. The number of hydrogen-bond donors (Lipinski definition) is 1. The molecule has 0 spiro atoms. The highest BCUT2D eigenvalue weighted by Crippen LogP contribution is 2.14. The van der Waals surface area contributed by atoms with Crippen LogP contribution in [0.5, 0.6) is 0 Å².